The van der Waals surface area contributed by atoms with Gasteiger partial charge in [-0.25, -0.2) is 5.43 Å². The Labute approximate surface area is 158 Å². The number of rotatable bonds is 7. The van der Waals surface area contributed by atoms with Crippen molar-refractivity contribution >= 4 is 23.7 Å². The first-order chi connectivity index (χ1) is 12.9. The van der Waals surface area contributed by atoms with E-state index in [-0.39, 0.29) is 17.7 Å². The minimum atomic E-state index is -0.353. The smallest absolute Gasteiger partial charge is 0.271 e. The number of carbonyl (C=O) groups excluding carboxylic acids is 2. The van der Waals surface area contributed by atoms with Gasteiger partial charge in [0.15, 0.2) is 11.5 Å². The first-order valence-corrected chi connectivity index (χ1v) is 8.41. The summed E-state index contributed by atoms with van der Waals surface area (Å²) in [7, 11) is 3.11. The number of benzene rings is 2. The number of nitrogens with one attached hydrogen (secondary N) is 2. The van der Waals surface area contributed by atoms with Gasteiger partial charge >= 0.3 is 0 Å². The van der Waals surface area contributed by atoms with Gasteiger partial charge in [-0.2, -0.15) is 5.10 Å². The Kier molecular flexibility index (Phi) is 6.93. The van der Waals surface area contributed by atoms with E-state index in [1.54, 1.807) is 56.7 Å². The molecule has 142 valence electrons. The van der Waals surface area contributed by atoms with E-state index in [2.05, 4.69) is 15.8 Å². The third-order valence-electron chi connectivity index (χ3n) is 3.73. The van der Waals surface area contributed by atoms with Crippen LogP contribution < -0.4 is 20.2 Å². The lowest BCUT2D eigenvalue weighted by atomic mass is 10.1. The number of hydrogen-bond donors (Lipinski definition) is 2. The van der Waals surface area contributed by atoms with E-state index in [1.807, 2.05) is 13.8 Å². The lowest BCUT2D eigenvalue weighted by Crippen LogP contribution is -2.19. The van der Waals surface area contributed by atoms with Crippen LogP contribution in [0, 0.1) is 5.92 Å². The maximum Gasteiger partial charge on any atom is 0.271 e. The van der Waals surface area contributed by atoms with Crippen LogP contribution >= 0.6 is 0 Å². The van der Waals surface area contributed by atoms with Gasteiger partial charge in [0, 0.05) is 17.2 Å². The fourth-order valence-corrected chi connectivity index (χ4v) is 2.15. The van der Waals surface area contributed by atoms with Crippen LogP contribution in [0.15, 0.2) is 47.6 Å². The molecule has 0 radical (unpaired) electrons. The normalized spacial score (nSPS) is 10.7. The lowest BCUT2D eigenvalue weighted by molar-refractivity contribution is -0.118. The zero-order valence-electron chi connectivity index (χ0n) is 15.8. The van der Waals surface area contributed by atoms with E-state index in [4.69, 9.17) is 9.47 Å². The Bertz CT molecular complexity index is 830. The highest BCUT2D eigenvalue weighted by atomic mass is 16.5. The summed E-state index contributed by atoms with van der Waals surface area (Å²) in [6.07, 6.45) is 1.51. The van der Waals surface area contributed by atoms with E-state index >= 15 is 0 Å². The van der Waals surface area contributed by atoms with E-state index in [0.29, 0.717) is 22.7 Å². The molecule has 0 aliphatic rings. The van der Waals surface area contributed by atoms with Crippen LogP contribution in [0.4, 0.5) is 5.69 Å². The quantitative estimate of drug-likeness (QED) is 0.580. The molecule has 2 aromatic carbocycles. The fraction of sp³-hybridized carbons (Fsp3) is 0.250. The molecule has 0 saturated carbocycles. The van der Waals surface area contributed by atoms with Crippen molar-refractivity contribution in [2.75, 3.05) is 19.5 Å². The number of anilines is 1. The third-order valence-corrected chi connectivity index (χ3v) is 3.73. The van der Waals surface area contributed by atoms with Gasteiger partial charge in [-0.3, -0.25) is 9.59 Å². The number of ether oxygens (including phenoxy) is 2. The summed E-state index contributed by atoms with van der Waals surface area (Å²) in [5.41, 5.74) is 4.28. The minimum absolute atomic E-state index is 0.0771. The maximum absolute atomic E-state index is 12.1. The molecule has 27 heavy (non-hydrogen) atoms. The van der Waals surface area contributed by atoms with E-state index in [9.17, 15) is 9.59 Å². The second-order valence-corrected chi connectivity index (χ2v) is 6.03. The van der Waals surface area contributed by atoms with Crippen LogP contribution in [-0.2, 0) is 4.79 Å². The molecule has 2 aromatic rings. The van der Waals surface area contributed by atoms with E-state index in [1.165, 1.54) is 6.21 Å². The Balaban J connectivity index is 1.97. The zero-order valence-corrected chi connectivity index (χ0v) is 15.8. The summed E-state index contributed by atoms with van der Waals surface area (Å²) >= 11 is 0. The molecule has 0 bridgehead atoms. The number of carbonyl (C=O) groups is 2. The van der Waals surface area contributed by atoms with Crippen molar-refractivity contribution in [1.82, 2.24) is 5.43 Å². The average molecular weight is 369 g/mol. The lowest BCUT2D eigenvalue weighted by Gasteiger charge is -2.08. The van der Waals surface area contributed by atoms with Gasteiger partial charge in [-0.05, 0) is 48.0 Å². The molecule has 0 aliphatic carbocycles. The second-order valence-electron chi connectivity index (χ2n) is 6.03. The minimum Gasteiger partial charge on any atom is -0.493 e. The van der Waals surface area contributed by atoms with E-state index in [0.717, 1.165) is 5.56 Å². The van der Waals surface area contributed by atoms with Crippen molar-refractivity contribution in [2.45, 2.75) is 13.8 Å². The molecule has 7 heteroatoms. The summed E-state index contributed by atoms with van der Waals surface area (Å²) in [6, 6.07) is 11.9. The van der Waals surface area contributed by atoms with Gasteiger partial charge in [-0.15, -0.1) is 0 Å². The number of hydrogen-bond acceptors (Lipinski definition) is 5. The zero-order chi connectivity index (χ0) is 19.8. The molecule has 0 aromatic heterocycles. The molecular weight excluding hydrogens is 346 g/mol. The summed E-state index contributed by atoms with van der Waals surface area (Å²) in [5.74, 6) is 0.647. The number of methoxy groups -OCH3 is 2. The molecule has 0 saturated heterocycles. The molecule has 0 unspecified atom stereocenters. The summed E-state index contributed by atoms with van der Waals surface area (Å²) in [4.78, 5) is 23.8. The summed E-state index contributed by atoms with van der Waals surface area (Å²) < 4.78 is 10.4. The predicted octanol–water partition coefficient (Wildman–Crippen LogP) is 3.06. The molecule has 0 atom stereocenters. The van der Waals surface area contributed by atoms with Crippen molar-refractivity contribution in [3.05, 3.63) is 53.6 Å². The standard InChI is InChI=1S/C20H23N3O4/c1-13(2)19(24)22-16-8-6-15(7-9-16)20(25)23-21-12-14-5-10-17(26-3)18(11-14)27-4/h5-13H,1-4H3,(H,22,24)(H,23,25). The Morgan fingerprint density at radius 3 is 2.26 bits per heavy atom. The van der Waals surface area contributed by atoms with Gasteiger partial charge in [0.25, 0.3) is 5.91 Å². The summed E-state index contributed by atoms with van der Waals surface area (Å²) in [5, 5.41) is 6.72. The SMILES string of the molecule is COc1ccc(C=NNC(=O)c2ccc(NC(=O)C(C)C)cc2)cc1OC. The van der Waals surface area contributed by atoms with Crippen molar-refractivity contribution in [3.8, 4) is 11.5 Å². The molecule has 2 rings (SSSR count). The number of hydrazone groups is 1. The molecule has 0 spiro atoms. The summed E-state index contributed by atoms with van der Waals surface area (Å²) in [6.45, 7) is 3.63. The largest absolute Gasteiger partial charge is 0.493 e. The second kappa shape index (κ2) is 9.38. The highest BCUT2D eigenvalue weighted by Gasteiger charge is 2.08. The maximum atomic E-state index is 12.1. The molecule has 2 amide bonds. The van der Waals surface area contributed by atoms with Gasteiger partial charge in [0.2, 0.25) is 5.91 Å². The third kappa shape index (κ3) is 5.57. The van der Waals surface area contributed by atoms with Crippen LogP contribution in [0.1, 0.15) is 29.8 Å². The van der Waals surface area contributed by atoms with Crippen molar-refractivity contribution in [2.24, 2.45) is 11.0 Å². The van der Waals surface area contributed by atoms with Crippen LogP contribution in [0.5, 0.6) is 11.5 Å². The molecule has 0 aliphatic heterocycles. The monoisotopic (exact) mass is 369 g/mol. The average Bonchev–Trinajstić information content (AvgIpc) is 2.68. The Hall–Kier alpha value is -3.35. The van der Waals surface area contributed by atoms with Crippen molar-refractivity contribution in [1.29, 1.82) is 0 Å². The van der Waals surface area contributed by atoms with Crippen molar-refractivity contribution in [3.63, 3.8) is 0 Å². The van der Waals surface area contributed by atoms with Crippen LogP contribution in [0.25, 0.3) is 0 Å². The van der Waals surface area contributed by atoms with Gasteiger partial charge in [0.05, 0.1) is 20.4 Å². The molecule has 2 N–H and O–H groups in total. The number of nitrogens with zero attached hydrogens (tertiary/aromatic N) is 1. The van der Waals surface area contributed by atoms with Gasteiger partial charge < -0.3 is 14.8 Å². The molecule has 0 fully saturated rings. The highest BCUT2D eigenvalue weighted by molar-refractivity contribution is 5.96. The van der Waals surface area contributed by atoms with Crippen LogP contribution in [0.2, 0.25) is 0 Å². The first-order valence-electron chi connectivity index (χ1n) is 8.41. The molecular formula is C20H23N3O4. The Morgan fingerprint density at radius 1 is 1.00 bits per heavy atom. The van der Waals surface area contributed by atoms with E-state index < -0.39 is 0 Å². The Morgan fingerprint density at radius 2 is 1.67 bits per heavy atom. The first kappa shape index (κ1) is 20.0. The van der Waals surface area contributed by atoms with Gasteiger partial charge in [0.1, 0.15) is 0 Å². The fourth-order valence-electron chi connectivity index (χ4n) is 2.15. The highest BCUT2D eigenvalue weighted by Crippen LogP contribution is 2.26. The molecule has 7 nitrogen and oxygen atoms in total. The predicted molar refractivity (Wildman–Crippen MR) is 105 cm³/mol. The van der Waals surface area contributed by atoms with Crippen molar-refractivity contribution < 1.29 is 19.1 Å². The topological polar surface area (TPSA) is 89.0 Å². The molecule has 0 heterocycles. The van der Waals surface area contributed by atoms with Gasteiger partial charge in [-0.1, -0.05) is 13.8 Å². The van der Waals surface area contributed by atoms with Crippen LogP contribution in [0.3, 0.4) is 0 Å². The van der Waals surface area contributed by atoms with Crippen LogP contribution in [-0.4, -0.2) is 32.2 Å². The number of amides is 2.